The van der Waals surface area contributed by atoms with Gasteiger partial charge < -0.3 is 32.5 Å². The third kappa shape index (κ3) is 11.5. The molecule has 0 fully saturated rings. The Kier molecular flexibility index (Phi) is 13.7. The van der Waals surface area contributed by atoms with Gasteiger partial charge in [-0.15, -0.1) is 0 Å². The molecule has 216 valence electrons. The van der Waals surface area contributed by atoms with Crippen molar-refractivity contribution in [2.75, 3.05) is 12.0 Å². The molecule has 0 heterocycles. The lowest BCUT2D eigenvalue weighted by Crippen LogP contribution is -2.58. The average Bonchev–Trinajstić information content (AvgIpc) is 2.93. The molecule has 4 atom stereocenters. The zero-order valence-electron chi connectivity index (χ0n) is 22.4. The van der Waals surface area contributed by atoms with E-state index in [1.54, 1.807) is 60.7 Å². The average molecular weight is 572 g/mol. The summed E-state index contributed by atoms with van der Waals surface area (Å²) in [4.78, 5) is 62.7. The fourth-order valence-corrected chi connectivity index (χ4v) is 4.35. The number of carbonyl (C=O) groups is 5. The van der Waals surface area contributed by atoms with Crippen molar-refractivity contribution in [3.05, 3.63) is 71.8 Å². The number of aliphatic carboxylic acids is 1. The predicted molar refractivity (Wildman–Crippen MR) is 153 cm³/mol. The molecular weight excluding hydrogens is 534 g/mol. The van der Waals surface area contributed by atoms with Crippen LogP contribution in [0.5, 0.6) is 0 Å². The van der Waals surface area contributed by atoms with Gasteiger partial charge in [-0.05, 0) is 36.0 Å². The van der Waals surface area contributed by atoms with Crippen molar-refractivity contribution in [2.45, 2.75) is 56.3 Å². The normalized spacial score (nSPS) is 13.8. The molecule has 40 heavy (non-hydrogen) atoms. The molecule has 0 aliphatic carbocycles. The van der Waals surface area contributed by atoms with Crippen molar-refractivity contribution >= 4 is 41.4 Å². The zero-order chi connectivity index (χ0) is 29.5. The second-order valence-corrected chi connectivity index (χ2v) is 10.3. The molecule has 4 unspecified atom stereocenters. The second-order valence-electron chi connectivity index (χ2n) is 9.29. The van der Waals surface area contributed by atoms with Crippen LogP contribution in [0.25, 0.3) is 0 Å². The molecule has 4 amide bonds. The predicted octanol–water partition coefficient (Wildman–Crippen LogP) is 0.357. The maximum Gasteiger partial charge on any atom is 0.326 e. The van der Waals surface area contributed by atoms with Crippen molar-refractivity contribution in [1.29, 1.82) is 0 Å². The molecule has 0 aromatic heterocycles. The molecule has 0 aliphatic rings. The largest absolute Gasteiger partial charge is 0.480 e. The highest BCUT2D eigenvalue weighted by Gasteiger charge is 2.30. The molecule has 12 heteroatoms. The lowest BCUT2D eigenvalue weighted by atomic mass is 10.0. The summed E-state index contributed by atoms with van der Waals surface area (Å²) in [7, 11) is 0. The molecule has 2 aromatic carbocycles. The Balaban J connectivity index is 2.24. The lowest BCUT2D eigenvalue weighted by molar-refractivity contribution is -0.142. The Morgan fingerprint density at radius 3 is 1.73 bits per heavy atom. The minimum absolute atomic E-state index is 0.0408. The van der Waals surface area contributed by atoms with E-state index in [1.165, 1.54) is 11.8 Å². The molecular formula is C28H37N5O6S. The summed E-state index contributed by atoms with van der Waals surface area (Å²) >= 11 is 1.52. The van der Waals surface area contributed by atoms with Crippen LogP contribution in [0.1, 0.15) is 30.4 Å². The maximum atomic E-state index is 13.4. The van der Waals surface area contributed by atoms with Crippen molar-refractivity contribution < 1.29 is 29.1 Å². The smallest absolute Gasteiger partial charge is 0.326 e. The molecule has 0 bridgehead atoms. The van der Waals surface area contributed by atoms with E-state index in [0.717, 1.165) is 5.56 Å². The number of carboxylic acids is 1. The van der Waals surface area contributed by atoms with Crippen LogP contribution in [0.4, 0.5) is 0 Å². The molecule has 0 saturated heterocycles. The van der Waals surface area contributed by atoms with Gasteiger partial charge in [0.1, 0.15) is 18.1 Å². The van der Waals surface area contributed by atoms with E-state index in [0.29, 0.717) is 17.7 Å². The highest BCUT2D eigenvalue weighted by Crippen LogP contribution is 2.09. The first kappa shape index (κ1) is 32.3. The van der Waals surface area contributed by atoms with Gasteiger partial charge in [0.05, 0.1) is 6.04 Å². The highest BCUT2D eigenvalue weighted by molar-refractivity contribution is 7.98. The van der Waals surface area contributed by atoms with Gasteiger partial charge in [0.15, 0.2) is 0 Å². The highest BCUT2D eigenvalue weighted by atomic mass is 32.2. The number of thioether (sulfide) groups is 1. The number of carbonyl (C=O) groups excluding carboxylic acids is 4. The first-order chi connectivity index (χ1) is 19.1. The van der Waals surface area contributed by atoms with Crippen molar-refractivity contribution in [3.63, 3.8) is 0 Å². The summed E-state index contributed by atoms with van der Waals surface area (Å²) in [5.41, 5.74) is 12.6. The van der Waals surface area contributed by atoms with Gasteiger partial charge in [0, 0.05) is 19.3 Å². The van der Waals surface area contributed by atoms with E-state index in [4.69, 9.17) is 11.5 Å². The Bertz CT molecular complexity index is 1130. The van der Waals surface area contributed by atoms with Crippen LogP contribution >= 0.6 is 11.8 Å². The maximum absolute atomic E-state index is 13.4. The number of benzene rings is 2. The van der Waals surface area contributed by atoms with Gasteiger partial charge in [-0.2, -0.15) is 11.8 Å². The van der Waals surface area contributed by atoms with Crippen molar-refractivity contribution in [1.82, 2.24) is 16.0 Å². The van der Waals surface area contributed by atoms with E-state index >= 15 is 0 Å². The summed E-state index contributed by atoms with van der Waals surface area (Å²) in [5, 5.41) is 17.5. The molecule has 0 aliphatic heterocycles. The second kappa shape index (κ2) is 16.9. The summed E-state index contributed by atoms with van der Waals surface area (Å²) in [6.45, 7) is 0. The van der Waals surface area contributed by atoms with Gasteiger partial charge >= 0.3 is 5.97 Å². The summed E-state index contributed by atoms with van der Waals surface area (Å²) < 4.78 is 0. The summed E-state index contributed by atoms with van der Waals surface area (Å²) in [5.74, 6) is -3.26. The molecule has 0 radical (unpaired) electrons. The first-order valence-electron chi connectivity index (χ1n) is 12.8. The Hall–Kier alpha value is -3.90. The third-order valence-electron chi connectivity index (χ3n) is 6.10. The van der Waals surface area contributed by atoms with Gasteiger partial charge in [-0.25, -0.2) is 4.79 Å². The molecule has 2 rings (SSSR count). The molecule has 2 aromatic rings. The minimum atomic E-state index is -1.25. The topological polar surface area (TPSA) is 194 Å². The molecule has 0 saturated carbocycles. The number of carboxylic acid groups (broad SMARTS) is 1. The van der Waals surface area contributed by atoms with Crippen LogP contribution in [0.15, 0.2) is 60.7 Å². The Morgan fingerprint density at radius 1 is 0.750 bits per heavy atom. The molecule has 11 nitrogen and oxygen atoms in total. The number of rotatable bonds is 17. The quantitative estimate of drug-likeness (QED) is 0.157. The monoisotopic (exact) mass is 571 g/mol. The zero-order valence-corrected chi connectivity index (χ0v) is 23.2. The number of hydrogen-bond acceptors (Lipinski definition) is 7. The Labute approximate surface area is 237 Å². The van der Waals surface area contributed by atoms with Crippen LogP contribution in [0, 0.1) is 0 Å². The molecule has 0 spiro atoms. The van der Waals surface area contributed by atoms with Crippen molar-refractivity contribution in [3.8, 4) is 0 Å². The van der Waals surface area contributed by atoms with Crippen molar-refractivity contribution in [2.24, 2.45) is 11.5 Å². The summed E-state index contributed by atoms with van der Waals surface area (Å²) in [6, 6.07) is 13.2. The van der Waals surface area contributed by atoms with Gasteiger partial charge in [0.25, 0.3) is 0 Å². The van der Waals surface area contributed by atoms with Crippen LogP contribution in [-0.4, -0.2) is 70.9 Å². The van der Waals surface area contributed by atoms with Gasteiger partial charge in [0.2, 0.25) is 23.6 Å². The number of nitrogens with two attached hydrogens (primary N) is 2. The van der Waals surface area contributed by atoms with Crippen LogP contribution in [0.2, 0.25) is 0 Å². The van der Waals surface area contributed by atoms with E-state index in [1.807, 2.05) is 6.26 Å². The summed E-state index contributed by atoms with van der Waals surface area (Å²) in [6.07, 6.45) is 2.06. The number of nitrogens with one attached hydrogen (secondary N) is 3. The van der Waals surface area contributed by atoms with Gasteiger partial charge in [-0.1, -0.05) is 60.7 Å². The number of primary amides is 1. The van der Waals surface area contributed by atoms with Crippen LogP contribution in [0.3, 0.4) is 0 Å². The third-order valence-corrected chi connectivity index (χ3v) is 6.74. The van der Waals surface area contributed by atoms with Gasteiger partial charge in [-0.3, -0.25) is 19.2 Å². The standard InChI is InChI=1S/C28H37N5O6S/c1-40-15-14-20(29)25(35)31-21(12-13-24(30)34)26(36)32-22(16-18-8-4-2-5-9-18)27(37)33-23(28(38)39)17-19-10-6-3-7-11-19/h2-11,20-23H,12-17,29H2,1H3,(H2,30,34)(H,31,35)(H,32,36)(H,33,37)(H,38,39). The van der Waals surface area contributed by atoms with E-state index in [2.05, 4.69) is 16.0 Å². The lowest BCUT2D eigenvalue weighted by Gasteiger charge is -2.25. The van der Waals surface area contributed by atoms with E-state index < -0.39 is 53.8 Å². The fraction of sp³-hybridized carbons (Fsp3) is 0.393. The van der Waals surface area contributed by atoms with E-state index in [9.17, 15) is 29.1 Å². The number of hydrogen-bond donors (Lipinski definition) is 6. The van der Waals surface area contributed by atoms with E-state index in [-0.39, 0.29) is 25.7 Å². The molecule has 8 N–H and O–H groups in total. The van der Waals surface area contributed by atoms with Crippen LogP contribution in [-0.2, 0) is 36.8 Å². The Morgan fingerprint density at radius 2 is 1.23 bits per heavy atom. The van der Waals surface area contributed by atoms with Crippen LogP contribution < -0.4 is 27.4 Å². The SMILES string of the molecule is CSCCC(N)C(=O)NC(CCC(N)=O)C(=O)NC(Cc1ccccc1)C(=O)NC(Cc1ccccc1)C(=O)O. The first-order valence-corrected chi connectivity index (χ1v) is 14.2. The number of amides is 4. The minimum Gasteiger partial charge on any atom is -0.480 e. The fourth-order valence-electron chi connectivity index (χ4n) is 3.86.